The third-order valence-corrected chi connectivity index (χ3v) is 4.16. The van der Waals surface area contributed by atoms with Crippen molar-refractivity contribution in [2.75, 3.05) is 6.54 Å². The van der Waals surface area contributed by atoms with E-state index in [-0.39, 0.29) is 11.3 Å². The van der Waals surface area contributed by atoms with Gasteiger partial charge in [0.1, 0.15) is 0 Å². The fourth-order valence-corrected chi connectivity index (χ4v) is 2.80. The topological polar surface area (TPSA) is 41.1 Å². The first-order valence-electron chi connectivity index (χ1n) is 8.05. The number of carbonyl (C=O) groups excluding carboxylic acids is 1. The molecule has 21 heavy (non-hydrogen) atoms. The van der Waals surface area contributed by atoms with Crippen molar-refractivity contribution in [3.63, 3.8) is 0 Å². The molecule has 1 aliphatic carbocycles. The summed E-state index contributed by atoms with van der Waals surface area (Å²) in [5.41, 5.74) is 1.51. The molecule has 3 heteroatoms. The lowest BCUT2D eigenvalue weighted by Crippen LogP contribution is -2.36. The number of benzene rings is 1. The van der Waals surface area contributed by atoms with Crippen molar-refractivity contribution in [1.29, 1.82) is 0 Å². The zero-order chi connectivity index (χ0) is 15.3. The molecule has 1 amide bonds. The van der Waals surface area contributed by atoms with Crippen LogP contribution < -0.4 is 10.6 Å². The smallest absolute Gasteiger partial charge is 0.221 e. The molecule has 0 saturated heterocycles. The van der Waals surface area contributed by atoms with Crippen LogP contribution in [-0.4, -0.2) is 24.5 Å². The third kappa shape index (κ3) is 5.50. The maximum Gasteiger partial charge on any atom is 0.221 e. The van der Waals surface area contributed by atoms with Gasteiger partial charge in [-0.05, 0) is 37.2 Å². The van der Waals surface area contributed by atoms with E-state index in [2.05, 4.69) is 61.7 Å². The van der Waals surface area contributed by atoms with Gasteiger partial charge in [-0.2, -0.15) is 0 Å². The molecule has 1 aromatic carbocycles. The lowest BCUT2D eigenvalue weighted by Gasteiger charge is -2.29. The highest BCUT2D eigenvalue weighted by Gasteiger charge is 2.24. The van der Waals surface area contributed by atoms with Crippen molar-refractivity contribution in [3.8, 4) is 0 Å². The summed E-state index contributed by atoms with van der Waals surface area (Å²) in [7, 11) is 0. The Labute approximate surface area is 128 Å². The average molecular weight is 288 g/mol. The fourth-order valence-electron chi connectivity index (χ4n) is 2.80. The first-order chi connectivity index (χ1) is 9.97. The van der Waals surface area contributed by atoms with Crippen LogP contribution in [0.5, 0.6) is 0 Å². The number of carbonyl (C=O) groups is 1. The molecule has 1 fully saturated rings. The van der Waals surface area contributed by atoms with E-state index in [0.29, 0.717) is 18.5 Å². The Morgan fingerprint density at radius 3 is 2.57 bits per heavy atom. The fraction of sp³-hybridized carbons (Fsp3) is 0.611. The molecule has 1 aliphatic rings. The van der Waals surface area contributed by atoms with Crippen LogP contribution >= 0.6 is 0 Å². The van der Waals surface area contributed by atoms with Crippen molar-refractivity contribution in [2.45, 2.75) is 64.0 Å². The SMILES string of the molecule is CC(CC(C)(C)c1ccccc1)NCCC(=O)NC1CC1. The second-order valence-corrected chi connectivity index (χ2v) is 6.90. The van der Waals surface area contributed by atoms with Crippen molar-refractivity contribution in [1.82, 2.24) is 10.6 Å². The molecule has 116 valence electrons. The molecule has 1 aromatic rings. The van der Waals surface area contributed by atoms with Crippen LogP contribution in [0, 0.1) is 0 Å². The molecule has 1 saturated carbocycles. The normalized spacial score (nSPS) is 16.5. The van der Waals surface area contributed by atoms with Gasteiger partial charge in [0.2, 0.25) is 5.91 Å². The largest absolute Gasteiger partial charge is 0.353 e. The Hall–Kier alpha value is -1.35. The van der Waals surface area contributed by atoms with Crippen LogP contribution in [0.1, 0.15) is 52.0 Å². The summed E-state index contributed by atoms with van der Waals surface area (Å²) < 4.78 is 0. The summed E-state index contributed by atoms with van der Waals surface area (Å²) in [5, 5.41) is 6.49. The van der Waals surface area contributed by atoms with Gasteiger partial charge in [0.15, 0.2) is 0 Å². The van der Waals surface area contributed by atoms with Crippen LogP contribution in [0.2, 0.25) is 0 Å². The Balaban J connectivity index is 1.70. The summed E-state index contributed by atoms with van der Waals surface area (Å²) in [5.74, 6) is 0.180. The standard InChI is InChI=1S/C18H28N2O/c1-14(19-12-11-17(21)20-16-9-10-16)13-18(2,3)15-7-5-4-6-8-15/h4-8,14,16,19H,9-13H2,1-3H3,(H,20,21). The van der Waals surface area contributed by atoms with Gasteiger partial charge in [0.05, 0.1) is 0 Å². The Morgan fingerprint density at radius 2 is 1.95 bits per heavy atom. The monoisotopic (exact) mass is 288 g/mol. The molecular weight excluding hydrogens is 260 g/mol. The van der Waals surface area contributed by atoms with Gasteiger partial charge in [0, 0.05) is 25.0 Å². The summed E-state index contributed by atoms with van der Waals surface area (Å²) in [6, 6.07) is 11.5. The molecule has 0 aliphatic heterocycles. The highest BCUT2D eigenvalue weighted by atomic mass is 16.1. The number of nitrogens with one attached hydrogen (secondary N) is 2. The molecule has 0 heterocycles. The van der Waals surface area contributed by atoms with E-state index in [1.165, 1.54) is 5.56 Å². The van der Waals surface area contributed by atoms with Gasteiger partial charge in [-0.3, -0.25) is 4.79 Å². The van der Waals surface area contributed by atoms with Crippen LogP contribution in [0.3, 0.4) is 0 Å². The quantitative estimate of drug-likeness (QED) is 0.772. The Morgan fingerprint density at radius 1 is 1.29 bits per heavy atom. The molecule has 3 nitrogen and oxygen atoms in total. The highest BCUT2D eigenvalue weighted by Crippen LogP contribution is 2.28. The van der Waals surface area contributed by atoms with Crippen LogP contribution in [0.25, 0.3) is 0 Å². The Bertz CT molecular complexity index is 452. The maximum atomic E-state index is 11.6. The maximum absolute atomic E-state index is 11.6. The first-order valence-corrected chi connectivity index (χ1v) is 8.05. The minimum Gasteiger partial charge on any atom is -0.353 e. The lowest BCUT2D eigenvalue weighted by atomic mass is 9.79. The van der Waals surface area contributed by atoms with Crippen LogP contribution in [-0.2, 0) is 10.2 Å². The van der Waals surface area contributed by atoms with Crippen molar-refractivity contribution in [3.05, 3.63) is 35.9 Å². The molecule has 0 bridgehead atoms. The van der Waals surface area contributed by atoms with Gasteiger partial charge >= 0.3 is 0 Å². The van der Waals surface area contributed by atoms with Crippen molar-refractivity contribution in [2.24, 2.45) is 0 Å². The number of rotatable bonds is 8. The molecular formula is C18H28N2O. The highest BCUT2D eigenvalue weighted by molar-refractivity contribution is 5.76. The second-order valence-electron chi connectivity index (χ2n) is 6.90. The molecule has 1 unspecified atom stereocenters. The zero-order valence-electron chi connectivity index (χ0n) is 13.5. The third-order valence-electron chi connectivity index (χ3n) is 4.16. The van der Waals surface area contributed by atoms with Crippen molar-refractivity contribution >= 4 is 5.91 Å². The van der Waals surface area contributed by atoms with E-state index in [1.807, 2.05) is 0 Å². The summed E-state index contributed by atoms with van der Waals surface area (Å²) in [6.07, 6.45) is 3.94. The van der Waals surface area contributed by atoms with Gasteiger partial charge < -0.3 is 10.6 Å². The van der Waals surface area contributed by atoms with Gasteiger partial charge in [-0.1, -0.05) is 44.2 Å². The van der Waals surface area contributed by atoms with E-state index in [1.54, 1.807) is 0 Å². The van der Waals surface area contributed by atoms with E-state index >= 15 is 0 Å². The molecule has 1 atom stereocenters. The Kier molecular flexibility index (Phi) is 5.40. The molecule has 0 radical (unpaired) electrons. The molecule has 0 aromatic heterocycles. The minimum absolute atomic E-state index is 0.143. The van der Waals surface area contributed by atoms with Gasteiger partial charge in [0.25, 0.3) is 0 Å². The number of amides is 1. The lowest BCUT2D eigenvalue weighted by molar-refractivity contribution is -0.121. The zero-order valence-corrected chi connectivity index (χ0v) is 13.5. The molecule has 2 N–H and O–H groups in total. The van der Waals surface area contributed by atoms with Crippen LogP contribution in [0.4, 0.5) is 0 Å². The number of hydrogen-bond donors (Lipinski definition) is 2. The minimum atomic E-state index is 0.143. The summed E-state index contributed by atoms with van der Waals surface area (Å²) in [4.78, 5) is 11.6. The summed E-state index contributed by atoms with van der Waals surface area (Å²) >= 11 is 0. The van der Waals surface area contributed by atoms with E-state index in [9.17, 15) is 4.79 Å². The number of hydrogen-bond acceptors (Lipinski definition) is 2. The van der Waals surface area contributed by atoms with E-state index < -0.39 is 0 Å². The van der Waals surface area contributed by atoms with Crippen LogP contribution in [0.15, 0.2) is 30.3 Å². The molecule has 0 spiro atoms. The second kappa shape index (κ2) is 7.08. The summed E-state index contributed by atoms with van der Waals surface area (Å²) in [6.45, 7) is 7.51. The average Bonchev–Trinajstić information content (AvgIpc) is 3.23. The van der Waals surface area contributed by atoms with Gasteiger partial charge in [-0.25, -0.2) is 0 Å². The van der Waals surface area contributed by atoms with Gasteiger partial charge in [-0.15, -0.1) is 0 Å². The van der Waals surface area contributed by atoms with E-state index in [0.717, 1.165) is 25.8 Å². The van der Waals surface area contributed by atoms with E-state index in [4.69, 9.17) is 0 Å². The predicted molar refractivity (Wildman–Crippen MR) is 87.3 cm³/mol. The predicted octanol–water partition coefficient (Wildman–Crippen LogP) is 3.00. The van der Waals surface area contributed by atoms with Crippen molar-refractivity contribution < 1.29 is 4.79 Å². The first kappa shape index (κ1) is 16.0. The molecule has 2 rings (SSSR count).